The summed E-state index contributed by atoms with van der Waals surface area (Å²) in [5.74, 6) is 0.962. The molecule has 1 atom stereocenters. The van der Waals surface area contributed by atoms with E-state index in [1.54, 1.807) is 18.2 Å². The van der Waals surface area contributed by atoms with Crippen LogP contribution in [0.5, 0.6) is 0 Å². The molecular weight excluding hydrogens is 253 g/mol. The van der Waals surface area contributed by atoms with Crippen LogP contribution in [0, 0.1) is 0 Å². The SMILES string of the molecule is CC1CCCN1CCc1cc2cc(B(O)O)ccc2o1. The Morgan fingerprint density at radius 1 is 1.35 bits per heavy atom. The zero-order valence-electron chi connectivity index (χ0n) is 11.7. The Bertz CT molecular complexity index is 596. The molecule has 2 heterocycles. The van der Waals surface area contributed by atoms with Gasteiger partial charge in [0, 0.05) is 24.4 Å². The first-order valence-corrected chi connectivity index (χ1v) is 7.26. The van der Waals surface area contributed by atoms with Crippen LogP contribution in [-0.4, -0.2) is 41.2 Å². The molecule has 1 unspecified atom stereocenters. The van der Waals surface area contributed by atoms with Crippen LogP contribution in [0.25, 0.3) is 11.0 Å². The van der Waals surface area contributed by atoms with Crippen molar-refractivity contribution in [3.05, 3.63) is 30.0 Å². The van der Waals surface area contributed by atoms with E-state index in [0.29, 0.717) is 11.5 Å². The van der Waals surface area contributed by atoms with E-state index in [4.69, 9.17) is 4.42 Å². The molecule has 1 aliphatic heterocycles. The van der Waals surface area contributed by atoms with Gasteiger partial charge in [-0.3, -0.25) is 0 Å². The Hall–Kier alpha value is -1.30. The number of hydrogen-bond donors (Lipinski definition) is 2. The minimum atomic E-state index is -1.43. The van der Waals surface area contributed by atoms with Gasteiger partial charge in [-0.05, 0) is 43.9 Å². The van der Waals surface area contributed by atoms with E-state index in [1.807, 2.05) is 6.07 Å². The van der Waals surface area contributed by atoms with Crippen LogP contribution < -0.4 is 5.46 Å². The molecule has 5 heteroatoms. The number of benzene rings is 1. The van der Waals surface area contributed by atoms with Crippen molar-refractivity contribution in [3.8, 4) is 0 Å². The summed E-state index contributed by atoms with van der Waals surface area (Å²) in [6, 6.07) is 7.93. The topological polar surface area (TPSA) is 56.8 Å². The van der Waals surface area contributed by atoms with Gasteiger partial charge in [-0.15, -0.1) is 0 Å². The van der Waals surface area contributed by atoms with Gasteiger partial charge in [0.2, 0.25) is 0 Å². The van der Waals surface area contributed by atoms with Gasteiger partial charge in [0.1, 0.15) is 11.3 Å². The molecule has 1 aliphatic rings. The van der Waals surface area contributed by atoms with Gasteiger partial charge in [-0.25, -0.2) is 0 Å². The average molecular weight is 273 g/mol. The zero-order valence-corrected chi connectivity index (χ0v) is 11.7. The van der Waals surface area contributed by atoms with Crippen LogP contribution in [0.4, 0.5) is 0 Å². The lowest BCUT2D eigenvalue weighted by atomic mass is 9.80. The largest absolute Gasteiger partial charge is 0.488 e. The van der Waals surface area contributed by atoms with Gasteiger partial charge in [-0.1, -0.05) is 12.1 Å². The first-order chi connectivity index (χ1) is 9.63. The third kappa shape index (κ3) is 2.75. The minimum absolute atomic E-state index is 0.498. The summed E-state index contributed by atoms with van der Waals surface area (Å²) >= 11 is 0. The molecule has 1 fully saturated rings. The molecule has 0 bridgehead atoms. The molecule has 3 rings (SSSR count). The van der Waals surface area contributed by atoms with Gasteiger partial charge < -0.3 is 19.4 Å². The van der Waals surface area contributed by atoms with Gasteiger partial charge in [0.25, 0.3) is 0 Å². The van der Waals surface area contributed by atoms with Gasteiger partial charge in [0.05, 0.1) is 0 Å². The summed E-state index contributed by atoms with van der Waals surface area (Å²) in [6.45, 7) is 4.49. The summed E-state index contributed by atoms with van der Waals surface area (Å²) in [5.41, 5.74) is 1.30. The van der Waals surface area contributed by atoms with Crippen LogP contribution in [0.1, 0.15) is 25.5 Å². The number of likely N-dealkylation sites (tertiary alicyclic amines) is 1. The Morgan fingerprint density at radius 3 is 2.90 bits per heavy atom. The van der Waals surface area contributed by atoms with Crippen LogP contribution in [0.2, 0.25) is 0 Å². The van der Waals surface area contributed by atoms with E-state index < -0.39 is 7.12 Å². The molecule has 0 amide bonds. The van der Waals surface area contributed by atoms with E-state index in [1.165, 1.54) is 19.4 Å². The number of furan rings is 1. The normalized spacial score (nSPS) is 19.9. The van der Waals surface area contributed by atoms with E-state index in [-0.39, 0.29) is 0 Å². The molecular formula is C15H20BNO3. The summed E-state index contributed by atoms with van der Waals surface area (Å²) in [5, 5.41) is 19.3. The summed E-state index contributed by atoms with van der Waals surface area (Å²) in [6.07, 6.45) is 3.48. The highest BCUT2D eigenvalue weighted by atomic mass is 16.4. The van der Waals surface area contributed by atoms with Gasteiger partial charge in [-0.2, -0.15) is 0 Å². The minimum Gasteiger partial charge on any atom is -0.461 e. The quantitative estimate of drug-likeness (QED) is 0.820. The Kier molecular flexibility index (Phi) is 3.83. The predicted molar refractivity (Wildman–Crippen MR) is 80.0 cm³/mol. The van der Waals surface area contributed by atoms with Crippen molar-refractivity contribution in [1.29, 1.82) is 0 Å². The lowest BCUT2D eigenvalue weighted by molar-refractivity contribution is 0.266. The maximum Gasteiger partial charge on any atom is 0.488 e. The highest BCUT2D eigenvalue weighted by Crippen LogP contribution is 2.21. The first-order valence-electron chi connectivity index (χ1n) is 7.26. The number of hydrogen-bond acceptors (Lipinski definition) is 4. The van der Waals surface area contributed by atoms with Crippen molar-refractivity contribution >= 4 is 23.6 Å². The highest BCUT2D eigenvalue weighted by Gasteiger charge is 2.20. The lowest BCUT2D eigenvalue weighted by Gasteiger charge is -2.19. The molecule has 20 heavy (non-hydrogen) atoms. The number of rotatable bonds is 4. The monoisotopic (exact) mass is 273 g/mol. The molecule has 0 aliphatic carbocycles. The van der Waals surface area contributed by atoms with Crippen molar-refractivity contribution in [2.75, 3.05) is 13.1 Å². The zero-order chi connectivity index (χ0) is 14.1. The third-order valence-electron chi connectivity index (χ3n) is 4.23. The van der Waals surface area contributed by atoms with Crippen molar-refractivity contribution in [2.45, 2.75) is 32.2 Å². The fourth-order valence-electron chi connectivity index (χ4n) is 2.98. The maximum absolute atomic E-state index is 9.18. The summed E-state index contributed by atoms with van der Waals surface area (Å²) < 4.78 is 5.81. The molecule has 106 valence electrons. The van der Waals surface area contributed by atoms with Gasteiger partial charge >= 0.3 is 7.12 Å². The van der Waals surface area contributed by atoms with Crippen LogP contribution >= 0.6 is 0 Å². The molecule has 4 nitrogen and oxygen atoms in total. The van der Waals surface area contributed by atoms with E-state index in [0.717, 1.165) is 29.7 Å². The second-order valence-electron chi connectivity index (χ2n) is 5.66. The van der Waals surface area contributed by atoms with Crippen LogP contribution in [0.3, 0.4) is 0 Å². The third-order valence-corrected chi connectivity index (χ3v) is 4.23. The Balaban J connectivity index is 1.72. The standard InChI is InChI=1S/C15H20BNO3/c1-11-3-2-7-17(11)8-6-14-10-12-9-13(16(18)19)4-5-15(12)20-14/h4-5,9-11,18-19H,2-3,6-8H2,1H3. The van der Waals surface area contributed by atoms with Crippen LogP contribution in [-0.2, 0) is 6.42 Å². The van der Waals surface area contributed by atoms with Gasteiger partial charge in [0.15, 0.2) is 0 Å². The van der Waals surface area contributed by atoms with E-state index in [9.17, 15) is 10.0 Å². The molecule has 2 N–H and O–H groups in total. The van der Waals surface area contributed by atoms with Crippen LogP contribution in [0.15, 0.2) is 28.7 Å². The fourth-order valence-corrected chi connectivity index (χ4v) is 2.98. The molecule has 1 aromatic heterocycles. The molecule has 0 spiro atoms. The highest BCUT2D eigenvalue weighted by molar-refractivity contribution is 6.58. The Morgan fingerprint density at radius 2 is 2.20 bits per heavy atom. The first kappa shape index (κ1) is 13.7. The average Bonchev–Trinajstić information content (AvgIpc) is 3.00. The summed E-state index contributed by atoms with van der Waals surface area (Å²) in [4.78, 5) is 2.50. The molecule has 2 aromatic rings. The smallest absolute Gasteiger partial charge is 0.461 e. The maximum atomic E-state index is 9.18. The number of fused-ring (bicyclic) bond motifs is 1. The molecule has 1 aromatic carbocycles. The molecule has 0 saturated carbocycles. The van der Waals surface area contributed by atoms with Crippen molar-refractivity contribution in [1.82, 2.24) is 4.90 Å². The fraction of sp³-hybridized carbons (Fsp3) is 0.467. The van der Waals surface area contributed by atoms with E-state index >= 15 is 0 Å². The van der Waals surface area contributed by atoms with Crippen molar-refractivity contribution in [3.63, 3.8) is 0 Å². The lowest BCUT2D eigenvalue weighted by Crippen LogP contribution is -2.29. The molecule has 1 saturated heterocycles. The van der Waals surface area contributed by atoms with E-state index in [2.05, 4.69) is 11.8 Å². The summed E-state index contributed by atoms with van der Waals surface area (Å²) in [7, 11) is -1.43. The predicted octanol–water partition coefficient (Wildman–Crippen LogP) is 1.14. The number of nitrogens with zero attached hydrogens (tertiary/aromatic N) is 1. The van der Waals surface area contributed by atoms with Crippen molar-refractivity contribution in [2.24, 2.45) is 0 Å². The molecule has 0 radical (unpaired) electrons. The second-order valence-corrected chi connectivity index (χ2v) is 5.66. The van der Waals surface area contributed by atoms with Crippen molar-refractivity contribution < 1.29 is 14.5 Å². The second kappa shape index (κ2) is 5.60. The Labute approximate surface area is 119 Å².